The van der Waals surface area contributed by atoms with Crippen LogP contribution in [-0.2, 0) is 11.4 Å². The van der Waals surface area contributed by atoms with Crippen LogP contribution in [0.25, 0.3) is 6.08 Å². The highest BCUT2D eigenvalue weighted by atomic mass is 35.5. The number of benzene rings is 3. The normalized spacial score (nSPS) is 14.8. The average molecular weight is 466 g/mol. The van der Waals surface area contributed by atoms with Crippen LogP contribution in [-0.4, -0.2) is 29.2 Å². The van der Waals surface area contributed by atoms with Crippen LogP contribution in [0.1, 0.15) is 11.1 Å². The molecule has 1 saturated heterocycles. The van der Waals surface area contributed by atoms with Gasteiger partial charge in [0.1, 0.15) is 24.7 Å². The fourth-order valence-electron chi connectivity index (χ4n) is 3.05. The number of amides is 2. The maximum Gasteiger partial charge on any atom is 0.293 e. The molecule has 3 aromatic rings. The smallest absolute Gasteiger partial charge is 0.293 e. The summed E-state index contributed by atoms with van der Waals surface area (Å²) < 4.78 is 11.4. The van der Waals surface area contributed by atoms with Crippen LogP contribution in [0.4, 0.5) is 4.79 Å². The second-order valence-electron chi connectivity index (χ2n) is 6.94. The first-order valence-corrected chi connectivity index (χ1v) is 11.2. The summed E-state index contributed by atoms with van der Waals surface area (Å²) in [5.74, 6) is 1.08. The van der Waals surface area contributed by atoms with Gasteiger partial charge >= 0.3 is 0 Å². The van der Waals surface area contributed by atoms with Crippen molar-refractivity contribution < 1.29 is 19.1 Å². The van der Waals surface area contributed by atoms with Crippen LogP contribution in [0.15, 0.2) is 83.8 Å². The van der Waals surface area contributed by atoms with E-state index in [1.165, 1.54) is 4.90 Å². The number of halogens is 1. The first-order chi connectivity index (χ1) is 15.6. The van der Waals surface area contributed by atoms with E-state index < -0.39 is 0 Å². The highest BCUT2D eigenvalue weighted by Crippen LogP contribution is 2.32. The summed E-state index contributed by atoms with van der Waals surface area (Å²) in [6.07, 6.45) is 1.71. The van der Waals surface area contributed by atoms with Crippen LogP contribution in [0, 0.1) is 0 Å². The second kappa shape index (κ2) is 10.4. The Morgan fingerprint density at radius 3 is 2.28 bits per heavy atom. The van der Waals surface area contributed by atoms with Crippen LogP contribution in [0.2, 0.25) is 5.02 Å². The molecular weight excluding hydrogens is 446 g/mol. The van der Waals surface area contributed by atoms with E-state index in [2.05, 4.69) is 0 Å². The zero-order valence-corrected chi connectivity index (χ0v) is 18.6. The molecule has 0 aliphatic carbocycles. The zero-order valence-electron chi connectivity index (χ0n) is 17.1. The van der Waals surface area contributed by atoms with E-state index in [0.717, 1.165) is 22.9 Å². The van der Waals surface area contributed by atoms with Crippen LogP contribution in [0.3, 0.4) is 0 Å². The number of hydrogen-bond acceptors (Lipinski definition) is 5. The number of carbonyl (C=O) groups excluding carboxylic acids is 2. The lowest BCUT2D eigenvalue weighted by Crippen LogP contribution is -2.32. The first kappa shape index (κ1) is 22.0. The maximum atomic E-state index is 12.6. The highest BCUT2D eigenvalue weighted by Gasteiger charge is 2.34. The first-order valence-electron chi connectivity index (χ1n) is 9.99. The number of imide groups is 1. The molecule has 7 heteroatoms. The number of hydrogen-bond donors (Lipinski definition) is 0. The highest BCUT2D eigenvalue weighted by molar-refractivity contribution is 8.18. The summed E-state index contributed by atoms with van der Waals surface area (Å²) in [6.45, 7) is 0.807. The van der Waals surface area contributed by atoms with Gasteiger partial charge < -0.3 is 9.47 Å². The Morgan fingerprint density at radius 2 is 1.53 bits per heavy atom. The van der Waals surface area contributed by atoms with Gasteiger partial charge in [-0.1, -0.05) is 60.1 Å². The quantitative estimate of drug-likeness (QED) is 0.380. The van der Waals surface area contributed by atoms with Gasteiger partial charge in [-0.25, -0.2) is 0 Å². The number of nitrogens with zero attached hydrogens (tertiary/aromatic N) is 1. The van der Waals surface area contributed by atoms with E-state index in [1.54, 1.807) is 6.08 Å². The van der Waals surface area contributed by atoms with Crippen LogP contribution < -0.4 is 9.47 Å². The molecule has 1 aliphatic heterocycles. The van der Waals surface area contributed by atoms with Crippen molar-refractivity contribution >= 4 is 40.6 Å². The summed E-state index contributed by atoms with van der Waals surface area (Å²) in [4.78, 5) is 26.5. The van der Waals surface area contributed by atoms with Crippen LogP contribution >= 0.6 is 23.4 Å². The lowest BCUT2D eigenvalue weighted by atomic mass is 10.2. The van der Waals surface area contributed by atoms with Crippen molar-refractivity contribution in [1.29, 1.82) is 0 Å². The summed E-state index contributed by atoms with van der Waals surface area (Å²) in [6, 6.07) is 24.1. The van der Waals surface area contributed by atoms with Gasteiger partial charge in [-0.15, -0.1) is 0 Å². The van der Waals surface area contributed by atoms with Gasteiger partial charge in [-0.2, -0.15) is 0 Å². The zero-order chi connectivity index (χ0) is 22.3. The molecule has 0 atom stereocenters. The number of para-hydroxylation sites is 1. The third-order valence-corrected chi connectivity index (χ3v) is 6.01. The fourth-order valence-corrected chi connectivity index (χ4v) is 4.11. The van der Waals surface area contributed by atoms with Gasteiger partial charge in [-0.3, -0.25) is 14.5 Å². The monoisotopic (exact) mass is 465 g/mol. The molecule has 0 N–H and O–H groups in total. The van der Waals surface area contributed by atoms with Crippen LogP contribution in [0.5, 0.6) is 11.5 Å². The molecule has 162 valence electrons. The number of ether oxygens (including phenoxy) is 2. The summed E-state index contributed by atoms with van der Waals surface area (Å²) in [5.41, 5.74) is 1.71. The van der Waals surface area contributed by atoms with Gasteiger partial charge in [0.25, 0.3) is 11.1 Å². The predicted octanol–water partition coefficient (Wildman–Crippen LogP) is 6.03. The number of carbonyl (C=O) groups is 2. The molecule has 0 saturated carbocycles. The van der Waals surface area contributed by atoms with Crippen molar-refractivity contribution in [3.8, 4) is 11.5 Å². The maximum absolute atomic E-state index is 12.6. The van der Waals surface area contributed by atoms with Gasteiger partial charge in [0.15, 0.2) is 0 Å². The molecule has 2 amide bonds. The Bertz CT molecular complexity index is 1130. The fraction of sp³-hybridized carbons (Fsp3) is 0.120. The number of thioether (sulfide) groups is 1. The molecule has 3 aromatic carbocycles. The van der Waals surface area contributed by atoms with E-state index in [0.29, 0.717) is 28.0 Å². The standard InChI is InChI=1S/C25H20ClNO4S/c26-22-9-5-4-6-19(22)17-31-21-12-10-18(11-13-21)16-23-24(28)27(25(29)32-23)14-15-30-20-7-2-1-3-8-20/h1-13,16H,14-15,17H2/b23-16-. The Labute approximate surface area is 195 Å². The molecule has 32 heavy (non-hydrogen) atoms. The molecule has 0 spiro atoms. The second-order valence-corrected chi connectivity index (χ2v) is 8.34. The van der Waals surface area contributed by atoms with E-state index in [9.17, 15) is 9.59 Å². The van der Waals surface area contributed by atoms with Crippen molar-refractivity contribution in [1.82, 2.24) is 4.90 Å². The van der Waals surface area contributed by atoms with Crippen molar-refractivity contribution in [2.75, 3.05) is 13.2 Å². The molecule has 1 heterocycles. The third kappa shape index (κ3) is 5.52. The predicted molar refractivity (Wildman–Crippen MR) is 127 cm³/mol. The number of rotatable bonds is 8. The van der Waals surface area contributed by atoms with E-state index in [-0.39, 0.29) is 24.3 Å². The Balaban J connectivity index is 1.33. The van der Waals surface area contributed by atoms with E-state index in [1.807, 2.05) is 78.9 Å². The Kier molecular flexibility index (Phi) is 7.14. The molecular formula is C25H20ClNO4S. The van der Waals surface area contributed by atoms with E-state index >= 15 is 0 Å². The third-order valence-electron chi connectivity index (χ3n) is 4.73. The minimum absolute atomic E-state index is 0.200. The van der Waals surface area contributed by atoms with Gasteiger partial charge in [0.2, 0.25) is 0 Å². The summed E-state index contributed by atoms with van der Waals surface area (Å²) in [5, 5.41) is 0.367. The molecule has 1 aliphatic rings. The lowest BCUT2D eigenvalue weighted by molar-refractivity contribution is -0.123. The average Bonchev–Trinajstić information content (AvgIpc) is 3.07. The molecule has 0 unspecified atom stereocenters. The molecule has 0 bridgehead atoms. The molecule has 4 rings (SSSR count). The summed E-state index contributed by atoms with van der Waals surface area (Å²) in [7, 11) is 0. The summed E-state index contributed by atoms with van der Waals surface area (Å²) >= 11 is 7.08. The van der Waals surface area contributed by atoms with Crippen molar-refractivity contribution in [3.63, 3.8) is 0 Å². The molecule has 1 fully saturated rings. The van der Waals surface area contributed by atoms with Crippen molar-refractivity contribution in [2.24, 2.45) is 0 Å². The Hall–Kier alpha value is -3.22. The van der Waals surface area contributed by atoms with Crippen molar-refractivity contribution in [3.05, 3.63) is 99.9 Å². The Morgan fingerprint density at radius 1 is 0.844 bits per heavy atom. The topological polar surface area (TPSA) is 55.8 Å². The van der Waals surface area contributed by atoms with Gasteiger partial charge in [-0.05, 0) is 53.7 Å². The van der Waals surface area contributed by atoms with Crippen molar-refractivity contribution in [2.45, 2.75) is 6.61 Å². The van der Waals surface area contributed by atoms with E-state index in [4.69, 9.17) is 21.1 Å². The van der Waals surface area contributed by atoms with Gasteiger partial charge in [0, 0.05) is 10.6 Å². The SMILES string of the molecule is O=C1S/C(=C\c2ccc(OCc3ccccc3Cl)cc2)C(=O)N1CCOc1ccccc1. The molecule has 0 radical (unpaired) electrons. The largest absolute Gasteiger partial charge is 0.492 e. The molecule has 0 aromatic heterocycles. The molecule has 5 nitrogen and oxygen atoms in total. The lowest BCUT2D eigenvalue weighted by Gasteiger charge is -2.13. The minimum Gasteiger partial charge on any atom is -0.492 e. The minimum atomic E-state index is -0.310. The van der Waals surface area contributed by atoms with Gasteiger partial charge in [0.05, 0.1) is 11.4 Å².